The standard InChI is InChI=1S/C14H11Cl3N2O/c15-10-3-1-9(2-4-10)8-18-14(20)19-13-7-11(16)5-6-12(13)17/h1-7H,8H2,(H2,18,19,20). The first-order valence-corrected chi connectivity index (χ1v) is 6.92. The van der Waals surface area contributed by atoms with Crippen molar-refractivity contribution >= 4 is 46.5 Å². The van der Waals surface area contributed by atoms with Crippen LogP contribution in [0.2, 0.25) is 15.1 Å². The Balaban J connectivity index is 1.92. The molecule has 0 unspecified atom stereocenters. The lowest BCUT2D eigenvalue weighted by Crippen LogP contribution is -2.28. The van der Waals surface area contributed by atoms with E-state index in [0.717, 1.165) is 5.56 Å². The minimum Gasteiger partial charge on any atom is -0.334 e. The molecule has 3 nitrogen and oxygen atoms in total. The van der Waals surface area contributed by atoms with Crippen molar-refractivity contribution < 1.29 is 4.79 Å². The van der Waals surface area contributed by atoms with E-state index in [1.54, 1.807) is 30.3 Å². The molecule has 20 heavy (non-hydrogen) atoms. The van der Waals surface area contributed by atoms with Gasteiger partial charge in [-0.25, -0.2) is 4.79 Å². The average molecular weight is 330 g/mol. The van der Waals surface area contributed by atoms with Gasteiger partial charge in [-0.15, -0.1) is 0 Å². The molecule has 0 bridgehead atoms. The van der Waals surface area contributed by atoms with E-state index in [2.05, 4.69) is 10.6 Å². The van der Waals surface area contributed by atoms with Crippen molar-refractivity contribution in [2.45, 2.75) is 6.54 Å². The normalized spacial score (nSPS) is 10.2. The number of urea groups is 1. The van der Waals surface area contributed by atoms with Crippen molar-refractivity contribution in [3.05, 3.63) is 63.1 Å². The summed E-state index contributed by atoms with van der Waals surface area (Å²) in [4.78, 5) is 11.8. The predicted molar refractivity (Wildman–Crippen MR) is 83.8 cm³/mol. The van der Waals surface area contributed by atoms with E-state index >= 15 is 0 Å². The van der Waals surface area contributed by atoms with Gasteiger partial charge in [-0.05, 0) is 35.9 Å². The van der Waals surface area contributed by atoms with Crippen LogP contribution in [0.4, 0.5) is 10.5 Å². The first kappa shape index (κ1) is 15.0. The smallest absolute Gasteiger partial charge is 0.319 e. The maximum atomic E-state index is 11.8. The van der Waals surface area contributed by atoms with Crippen molar-refractivity contribution in [3.63, 3.8) is 0 Å². The van der Waals surface area contributed by atoms with E-state index in [-0.39, 0.29) is 6.03 Å². The lowest BCUT2D eigenvalue weighted by atomic mass is 10.2. The predicted octanol–water partition coefficient (Wildman–Crippen LogP) is 4.97. The second-order valence-corrected chi connectivity index (χ2v) is 5.34. The molecule has 2 rings (SSSR count). The first-order valence-electron chi connectivity index (χ1n) is 5.79. The summed E-state index contributed by atoms with van der Waals surface area (Å²) < 4.78 is 0. The van der Waals surface area contributed by atoms with Crippen LogP contribution in [0, 0.1) is 0 Å². The molecule has 0 saturated heterocycles. The molecule has 0 fully saturated rings. The summed E-state index contributed by atoms with van der Waals surface area (Å²) in [6.45, 7) is 0.390. The SMILES string of the molecule is O=C(NCc1ccc(Cl)cc1)Nc1cc(Cl)ccc1Cl. The van der Waals surface area contributed by atoms with Crippen LogP contribution in [0.15, 0.2) is 42.5 Å². The van der Waals surface area contributed by atoms with Crippen molar-refractivity contribution in [1.29, 1.82) is 0 Å². The Labute approximate surface area is 131 Å². The molecule has 0 saturated carbocycles. The number of amides is 2. The molecule has 0 atom stereocenters. The summed E-state index contributed by atoms with van der Waals surface area (Å²) in [5, 5.41) is 6.94. The molecule has 6 heteroatoms. The van der Waals surface area contributed by atoms with Crippen molar-refractivity contribution in [3.8, 4) is 0 Å². The highest BCUT2D eigenvalue weighted by Crippen LogP contribution is 2.25. The van der Waals surface area contributed by atoms with Gasteiger partial charge in [0.25, 0.3) is 0 Å². The molecular weight excluding hydrogens is 319 g/mol. The number of carbonyl (C=O) groups is 1. The van der Waals surface area contributed by atoms with Crippen LogP contribution in [-0.2, 0) is 6.54 Å². The van der Waals surface area contributed by atoms with Gasteiger partial charge in [-0.1, -0.05) is 46.9 Å². The second-order valence-electron chi connectivity index (χ2n) is 4.06. The van der Waals surface area contributed by atoms with Crippen LogP contribution in [0.25, 0.3) is 0 Å². The Morgan fingerprint density at radius 1 is 0.950 bits per heavy atom. The number of carbonyl (C=O) groups excluding carboxylic acids is 1. The zero-order valence-electron chi connectivity index (χ0n) is 10.3. The largest absolute Gasteiger partial charge is 0.334 e. The van der Waals surface area contributed by atoms with Crippen LogP contribution >= 0.6 is 34.8 Å². The zero-order valence-corrected chi connectivity index (χ0v) is 12.6. The summed E-state index contributed by atoms with van der Waals surface area (Å²) in [5.41, 5.74) is 1.41. The summed E-state index contributed by atoms with van der Waals surface area (Å²) in [5.74, 6) is 0. The fraction of sp³-hybridized carbons (Fsp3) is 0.0714. The molecule has 0 radical (unpaired) electrons. The first-order chi connectivity index (χ1) is 9.54. The number of anilines is 1. The molecule has 0 spiro atoms. The highest BCUT2D eigenvalue weighted by molar-refractivity contribution is 6.35. The molecular formula is C14H11Cl3N2O. The van der Waals surface area contributed by atoms with Crippen molar-refractivity contribution in [2.24, 2.45) is 0 Å². The van der Waals surface area contributed by atoms with E-state index in [9.17, 15) is 4.79 Å². The van der Waals surface area contributed by atoms with Gasteiger partial charge >= 0.3 is 6.03 Å². The Morgan fingerprint density at radius 3 is 2.30 bits per heavy atom. The maximum Gasteiger partial charge on any atom is 0.319 e. The van der Waals surface area contributed by atoms with Gasteiger partial charge in [0.15, 0.2) is 0 Å². The number of hydrogen-bond donors (Lipinski definition) is 2. The fourth-order valence-electron chi connectivity index (χ4n) is 1.54. The molecule has 2 aromatic rings. The summed E-state index contributed by atoms with van der Waals surface area (Å²) in [6, 6.07) is 11.7. The minimum absolute atomic E-state index is 0.357. The molecule has 2 N–H and O–H groups in total. The van der Waals surface area contributed by atoms with Crippen LogP contribution in [-0.4, -0.2) is 6.03 Å². The lowest BCUT2D eigenvalue weighted by molar-refractivity contribution is 0.251. The number of halogens is 3. The third-order valence-electron chi connectivity index (χ3n) is 2.54. The van der Waals surface area contributed by atoms with E-state index in [1.165, 1.54) is 0 Å². The third kappa shape index (κ3) is 4.30. The topological polar surface area (TPSA) is 41.1 Å². The van der Waals surface area contributed by atoms with Gasteiger partial charge in [0.05, 0.1) is 10.7 Å². The molecule has 0 aliphatic heterocycles. The van der Waals surface area contributed by atoms with Gasteiger partial charge in [0, 0.05) is 16.6 Å². The van der Waals surface area contributed by atoms with Crippen LogP contribution in [0.1, 0.15) is 5.56 Å². The molecule has 0 aliphatic rings. The highest BCUT2D eigenvalue weighted by atomic mass is 35.5. The number of rotatable bonds is 3. The van der Waals surface area contributed by atoms with Gasteiger partial charge in [-0.2, -0.15) is 0 Å². The summed E-state index contributed by atoms with van der Waals surface area (Å²) >= 11 is 17.6. The summed E-state index contributed by atoms with van der Waals surface area (Å²) in [7, 11) is 0. The molecule has 2 aromatic carbocycles. The molecule has 0 aliphatic carbocycles. The molecule has 0 aromatic heterocycles. The van der Waals surface area contributed by atoms with Gasteiger partial charge in [0.2, 0.25) is 0 Å². The fourth-order valence-corrected chi connectivity index (χ4v) is 2.01. The zero-order chi connectivity index (χ0) is 14.5. The third-order valence-corrected chi connectivity index (χ3v) is 3.36. The second kappa shape index (κ2) is 6.84. The Hall–Kier alpha value is -1.42. The summed E-state index contributed by atoms with van der Waals surface area (Å²) in [6.07, 6.45) is 0. The van der Waals surface area contributed by atoms with E-state index < -0.39 is 0 Å². The van der Waals surface area contributed by atoms with Gasteiger partial charge in [0.1, 0.15) is 0 Å². The molecule has 0 heterocycles. The quantitative estimate of drug-likeness (QED) is 0.820. The Bertz CT molecular complexity index is 614. The lowest BCUT2D eigenvalue weighted by Gasteiger charge is -2.09. The van der Waals surface area contributed by atoms with E-state index in [1.807, 2.05) is 12.1 Å². The van der Waals surface area contributed by atoms with Crippen LogP contribution < -0.4 is 10.6 Å². The van der Waals surface area contributed by atoms with Crippen LogP contribution in [0.3, 0.4) is 0 Å². The Morgan fingerprint density at radius 2 is 1.60 bits per heavy atom. The van der Waals surface area contributed by atoms with Crippen LogP contribution in [0.5, 0.6) is 0 Å². The number of hydrogen-bond acceptors (Lipinski definition) is 1. The average Bonchev–Trinajstić information content (AvgIpc) is 2.42. The van der Waals surface area contributed by atoms with E-state index in [0.29, 0.717) is 27.3 Å². The van der Waals surface area contributed by atoms with Crippen molar-refractivity contribution in [2.75, 3.05) is 5.32 Å². The Kier molecular flexibility index (Phi) is 5.12. The van der Waals surface area contributed by atoms with E-state index in [4.69, 9.17) is 34.8 Å². The van der Waals surface area contributed by atoms with Gasteiger partial charge in [-0.3, -0.25) is 0 Å². The number of benzene rings is 2. The monoisotopic (exact) mass is 328 g/mol. The molecule has 104 valence electrons. The maximum absolute atomic E-state index is 11.8. The number of nitrogens with one attached hydrogen (secondary N) is 2. The highest BCUT2D eigenvalue weighted by Gasteiger charge is 2.06. The van der Waals surface area contributed by atoms with Crippen molar-refractivity contribution in [1.82, 2.24) is 5.32 Å². The minimum atomic E-state index is -0.357. The van der Waals surface area contributed by atoms with Gasteiger partial charge < -0.3 is 10.6 Å². The molecule has 2 amide bonds.